The Labute approximate surface area is 111 Å². The highest BCUT2D eigenvalue weighted by molar-refractivity contribution is 5.15. The van der Waals surface area contributed by atoms with Crippen molar-refractivity contribution in [1.82, 2.24) is 9.97 Å². The van der Waals surface area contributed by atoms with Gasteiger partial charge in [0.05, 0.1) is 6.61 Å². The molecule has 0 radical (unpaired) electrons. The number of ether oxygens (including phenoxy) is 1. The van der Waals surface area contributed by atoms with E-state index in [0.717, 1.165) is 43.3 Å². The Morgan fingerprint density at radius 3 is 2.50 bits per heavy atom. The van der Waals surface area contributed by atoms with Gasteiger partial charge >= 0.3 is 0 Å². The van der Waals surface area contributed by atoms with Crippen LogP contribution in [0.2, 0.25) is 0 Å². The van der Waals surface area contributed by atoms with Crippen LogP contribution in [0, 0.1) is 6.92 Å². The number of aromatic nitrogens is 2. The fourth-order valence-electron chi connectivity index (χ4n) is 1.82. The van der Waals surface area contributed by atoms with Gasteiger partial charge in [-0.15, -0.1) is 0 Å². The molecule has 0 aliphatic carbocycles. The second kappa shape index (κ2) is 8.90. The van der Waals surface area contributed by atoms with Crippen LogP contribution < -0.4 is 4.74 Å². The van der Waals surface area contributed by atoms with Gasteiger partial charge in [-0.25, -0.2) is 4.98 Å². The van der Waals surface area contributed by atoms with Crippen LogP contribution in [-0.2, 0) is 6.42 Å². The number of rotatable bonds is 9. The summed E-state index contributed by atoms with van der Waals surface area (Å²) in [7, 11) is 0. The standard InChI is InChI=1S/C15H26N2O/c1-4-6-8-9-10-14-16-13(3)12-15(17-14)18-11-7-5-2/h12H,4-11H2,1-3H3. The predicted octanol–water partition coefficient (Wildman–Crippen LogP) is 4.09. The average molecular weight is 250 g/mol. The second-order valence-corrected chi connectivity index (χ2v) is 4.78. The Balaban J connectivity index is 2.46. The molecule has 1 rings (SSSR count). The van der Waals surface area contributed by atoms with Crippen LogP contribution in [0.4, 0.5) is 0 Å². The SMILES string of the molecule is CCCCCCc1nc(C)cc(OCCCC)n1. The van der Waals surface area contributed by atoms with Crippen molar-refractivity contribution in [3.63, 3.8) is 0 Å². The molecule has 102 valence electrons. The van der Waals surface area contributed by atoms with Gasteiger partial charge in [0.25, 0.3) is 0 Å². The largest absolute Gasteiger partial charge is 0.478 e. The third-order valence-corrected chi connectivity index (χ3v) is 2.88. The summed E-state index contributed by atoms with van der Waals surface area (Å²) < 4.78 is 5.64. The Morgan fingerprint density at radius 1 is 1.00 bits per heavy atom. The van der Waals surface area contributed by atoms with E-state index in [0.29, 0.717) is 0 Å². The smallest absolute Gasteiger partial charge is 0.216 e. The van der Waals surface area contributed by atoms with Crippen molar-refractivity contribution in [3.8, 4) is 5.88 Å². The quantitative estimate of drug-likeness (QED) is 0.619. The lowest BCUT2D eigenvalue weighted by Gasteiger charge is -2.07. The maximum atomic E-state index is 5.64. The lowest BCUT2D eigenvalue weighted by Crippen LogP contribution is -2.03. The third kappa shape index (κ3) is 5.99. The molecule has 0 aromatic carbocycles. The molecule has 1 heterocycles. The Kier molecular flexibility index (Phi) is 7.38. The van der Waals surface area contributed by atoms with Crippen LogP contribution in [0.3, 0.4) is 0 Å². The predicted molar refractivity (Wildman–Crippen MR) is 75.0 cm³/mol. The Hall–Kier alpha value is -1.12. The van der Waals surface area contributed by atoms with Crippen LogP contribution in [0.15, 0.2) is 6.07 Å². The summed E-state index contributed by atoms with van der Waals surface area (Å²) in [6.07, 6.45) is 8.19. The van der Waals surface area contributed by atoms with E-state index >= 15 is 0 Å². The van der Waals surface area contributed by atoms with Crippen molar-refractivity contribution in [2.24, 2.45) is 0 Å². The van der Waals surface area contributed by atoms with Gasteiger partial charge in [-0.3, -0.25) is 0 Å². The van der Waals surface area contributed by atoms with Gasteiger partial charge < -0.3 is 4.74 Å². The van der Waals surface area contributed by atoms with Crippen LogP contribution >= 0.6 is 0 Å². The molecule has 0 saturated heterocycles. The summed E-state index contributed by atoms with van der Waals surface area (Å²) in [5.74, 6) is 1.67. The van der Waals surface area contributed by atoms with Gasteiger partial charge in [0.1, 0.15) is 5.82 Å². The van der Waals surface area contributed by atoms with Crippen LogP contribution in [0.5, 0.6) is 5.88 Å². The first-order valence-electron chi connectivity index (χ1n) is 7.23. The molecular formula is C15H26N2O. The van der Waals surface area contributed by atoms with E-state index in [2.05, 4.69) is 23.8 Å². The molecule has 3 nitrogen and oxygen atoms in total. The lowest BCUT2D eigenvalue weighted by atomic mass is 10.1. The molecule has 1 aromatic heterocycles. The van der Waals surface area contributed by atoms with E-state index in [1.807, 2.05) is 13.0 Å². The molecule has 0 saturated carbocycles. The van der Waals surface area contributed by atoms with E-state index in [4.69, 9.17) is 4.74 Å². The minimum Gasteiger partial charge on any atom is -0.478 e. The molecule has 0 aliphatic rings. The van der Waals surface area contributed by atoms with Crippen molar-refractivity contribution < 1.29 is 4.74 Å². The molecule has 0 fully saturated rings. The number of nitrogens with zero attached hydrogens (tertiary/aromatic N) is 2. The minimum absolute atomic E-state index is 0.737. The van der Waals surface area contributed by atoms with E-state index < -0.39 is 0 Å². The monoisotopic (exact) mass is 250 g/mol. The summed E-state index contributed by atoms with van der Waals surface area (Å²) in [6, 6.07) is 1.92. The van der Waals surface area contributed by atoms with E-state index in [1.54, 1.807) is 0 Å². The summed E-state index contributed by atoms with van der Waals surface area (Å²) in [6.45, 7) is 7.14. The maximum absolute atomic E-state index is 5.64. The normalized spacial score (nSPS) is 10.6. The summed E-state index contributed by atoms with van der Waals surface area (Å²) in [5.41, 5.74) is 1.00. The molecule has 0 bridgehead atoms. The number of aryl methyl sites for hydroxylation is 2. The van der Waals surface area contributed by atoms with Crippen molar-refractivity contribution in [1.29, 1.82) is 0 Å². The number of hydrogen-bond acceptors (Lipinski definition) is 3. The zero-order valence-electron chi connectivity index (χ0n) is 12.0. The molecule has 3 heteroatoms. The topological polar surface area (TPSA) is 35.0 Å². The molecule has 0 unspecified atom stereocenters. The average Bonchev–Trinajstić information content (AvgIpc) is 2.34. The first-order chi connectivity index (χ1) is 8.76. The molecule has 1 aromatic rings. The summed E-state index contributed by atoms with van der Waals surface area (Å²) in [4.78, 5) is 8.94. The van der Waals surface area contributed by atoms with Gasteiger partial charge in [-0.2, -0.15) is 4.98 Å². The molecule has 18 heavy (non-hydrogen) atoms. The highest BCUT2D eigenvalue weighted by Gasteiger charge is 2.03. The molecule has 0 aliphatic heterocycles. The van der Waals surface area contributed by atoms with E-state index in [9.17, 15) is 0 Å². The number of unbranched alkanes of at least 4 members (excludes halogenated alkanes) is 4. The van der Waals surface area contributed by atoms with Gasteiger partial charge in [0, 0.05) is 18.2 Å². The first-order valence-corrected chi connectivity index (χ1v) is 7.23. The summed E-state index contributed by atoms with van der Waals surface area (Å²) in [5, 5.41) is 0. The van der Waals surface area contributed by atoms with Gasteiger partial charge in [0.2, 0.25) is 5.88 Å². The molecule has 0 N–H and O–H groups in total. The van der Waals surface area contributed by atoms with Crippen molar-refractivity contribution >= 4 is 0 Å². The van der Waals surface area contributed by atoms with Gasteiger partial charge in [-0.1, -0.05) is 39.5 Å². The maximum Gasteiger partial charge on any atom is 0.216 e. The Bertz CT molecular complexity index is 339. The Morgan fingerprint density at radius 2 is 1.78 bits per heavy atom. The first kappa shape index (κ1) is 14.9. The summed E-state index contributed by atoms with van der Waals surface area (Å²) >= 11 is 0. The molecular weight excluding hydrogens is 224 g/mol. The van der Waals surface area contributed by atoms with Gasteiger partial charge in [-0.05, 0) is 19.8 Å². The fourth-order valence-corrected chi connectivity index (χ4v) is 1.82. The van der Waals surface area contributed by atoms with Crippen LogP contribution in [0.1, 0.15) is 63.9 Å². The van der Waals surface area contributed by atoms with Crippen molar-refractivity contribution in [2.75, 3.05) is 6.61 Å². The highest BCUT2D eigenvalue weighted by Crippen LogP contribution is 2.12. The lowest BCUT2D eigenvalue weighted by molar-refractivity contribution is 0.295. The minimum atomic E-state index is 0.737. The second-order valence-electron chi connectivity index (χ2n) is 4.78. The zero-order valence-corrected chi connectivity index (χ0v) is 12.0. The van der Waals surface area contributed by atoms with Crippen molar-refractivity contribution in [3.05, 3.63) is 17.6 Å². The third-order valence-electron chi connectivity index (χ3n) is 2.88. The molecule has 0 amide bonds. The number of hydrogen-bond donors (Lipinski definition) is 0. The molecule has 0 atom stereocenters. The van der Waals surface area contributed by atoms with E-state index in [-0.39, 0.29) is 0 Å². The van der Waals surface area contributed by atoms with Crippen LogP contribution in [-0.4, -0.2) is 16.6 Å². The zero-order chi connectivity index (χ0) is 13.2. The van der Waals surface area contributed by atoms with Crippen molar-refractivity contribution in [2.45, 2.75) is 65.7 Å². The van der Waals surface area contributed by atoms with Crippen LogP contribution in [0.25, 0.3) is 0 Å². The van der Waals surface area contributed by atoms with E-state index in [1.165, 1.54) is 25.7 Å². The molecule has 0 spiro atoms. The van der Waals surface area contributed by atoms with Gasteiger partial charge in [0.15, 0.2) is 0 Å². The highest BCUT2D eigenvalue weighted by atomic mass is 16.5. The fraction of sp³-hybridized carbons (Fsp3) is 0.733.